The van der Waals surface area contributed by atoms with Crippen LogP contribution in [0, 0.1) is 5.82 Å². The molecule has 0 unspecified atom stereocenters. The Kier molecular flexibility index (Phi) is 7.94. The molecule has 8 heteroatoms. The standard InChI is InChI=1S/C23H30FN3O4/c1-5-25-23(27(2)13-17-6-7-20(28-3)12-21(17)29-4)26-9-8-16-10-19(24)11-18-14-30-15-31-22(16)18/h6-7,10-12H,5,8-9,13-15H2,1-4H3,(H,25,26). The van der Waals surface area contributed by atoms with Gasteiger partial charge in [0.15, 0.2) is 12.8 Å². The molecule has 1 aliphatic heterocycles. The zero-order valence-corrected chi connectivity index (χ0v) is 18.5. The van der Waals surface area contributed by atoms with E-state index in [-0.39, 0.29) is 12.6 Å². The number of methoxy groups -OCH3 is 2. The number of halogens is 1. The fourth-order valence-electron chi connectivity index (χ4n) is 3.51. The molecule has 0 atom stereocenters. The van der Waals surface area contributed by atoms with Crippen molar-refractivity contribution in [2.75, 3.05) is 41.1 Å². The topological polar surface area (TPSA) is 64.6 Å². The van der Waals surface area contributed by atoms with Crippen molar-refractivity contribution in [1.82, 2.24) is 10.2 Å². The summed E-state index contributed by atoms with van der Waals surface area (Å²) < 4.78 is 35.6. The molecule has 31 heavy (non-hydrogen) atoms. The lowest BCUT2D eigenvalue weighted by Gasteiger charge is -2.23. The van der Waals surface area contributed by atoms with Crippen molar-refractivity contribution in [3.05, 3.63) is 52.8 Å². The van der Waals surface area contributed by atoms with Gasteiger partial charge in [-0.2, -0.15) is 0 Å². The molecule has 7 nitrogen and oxygen atoms in total. The van der Waals surface area contributed by atoms with Crippen LogP contribution in [0.2, 0.25) is 0 Å². The molecule has 0 amide bonds. The average Bonchev–Trinajstić information content (AvgIpc) is 2.78. The number of fused-ring (bicyclic) bond motifs is 1. The molecule has 0 saturated carbocycles. The van der Waals surface area contributed by atoms with Gasteiger partial charge >= 0.3 is 0 Å². The molecule has 2 aromatic carbocycles. The highest BCUT2D eigenvalue weighted by Gasteiger charge is 2.17. The summed E-state index contributed by atoms with van der Waals surface area (Å²) in [6.07, 6.45) is 0.564. The van der Waals surface area contributed by atoms with Crippen molar-refractivity contribution in [1.29, 1.82) is 0 Å². The molecular weight excluding hydrogens is 401 g/mol. The Balaban J connectivity index is 1.71. The van der Waals surface area contributed by atoms with Gasteiger partial charge in [-0.15, -0.1) is 0 Å². The van der Waals surface area contributed by atoms with E-state index in [1.807, 2.05) is 37.1 Å². The van der Waals surface area contributed by atoms with Crippen molar-refractivity contribution < 1.29 is 23.3 Å². The highest BCUT2D eigenvalue weighted by atomic mass is 19.1. The minimum absolute atomic E-state index is 0.184. The van der Waals surface area contributed by atoms with Crippen molar-refractivity contribution in [2.45, 2.75) is 26.5 Å². The quantitative estimate of drug-likeness (QED) is 0.511. The number of hydrogen-bond acceptors (Lipinski definition) is 5. The Hall–Kier alpha value is -3.00. The van der Waals surface area contributed by atoms with Crippen LogP contribution in [0.5, 0.6) is 17.2 Å². The fourth-order valence-corrected chi connectivity index (χ4v) is 3.51. The van der Waals surface area contributed by atoms with Gasteiger partial charge in [0, 0.05) is 43.9 Å². The van der Waals surface area contributed by atoms with Gasteiger partial charge in [-0.05, 0) is 43.2 Å². The maximum atomic E-state index is 14.0. The Morgan fingerprint density at radius 1 is 1.19 bits per heavy atom. The minimum atomic E-state index is -0.289. The van der Waals surface area contributed by atoms with Crippen molar-refractivity contribution in [3.63, 3.8) is 0 Å². The van der Waals surface area contributed by atoms with E-state index in [0.29, 0.717) is 31.9 Å². The Labute approximate surface area is 182 Å². The molecule has 168 valence electrons. The predicted molar refractivity (Wildman–Crippen MR) is 117 cm³/mol. The van der Waals surface area contributed by atoms with Gasteiger partial charge in [-0.3, -0.25) is 4.99 Å². The predicted octanol–water partition coefficient (Wildman–Crippen LogP) is 3.35. The molecule has 0 aromatic heterocycles. The molecule has 2 aromatic rings. The van der Waals surface area contributed by atoms with Gasteiger partial charge in [0.05, 0.1) is 20.8 Å². The molecule has 0 aliphatic carbocycles. The summed E-state index contributed by atoms with van der Waals surface area (Å²) in [7, 11) is 5.24. The molecule has 0 saturated heterocycles. The number of guanidine groups is 1. The summed E-state index contributed by atoms with van der Waals surface area (Å²) >= 11 is 0. The number of rotatable bonds is 8. The molecular formula is C23H30FN3O4. The monoisotopic (exact) mass is 431 g/mol. The maximum Gasteiger partial charge on any atom is 0.193 e. The van der Waals surface area contributed by atoms with E-state index in [2.05, 4.69) is 5.32 Å². The third kappa shape index (κ3) is 5.79. The summed E-state index contributed by atoms with van der Waals surface area (Å²) in [6.45, 7) is 4.40. The summed E-state index contributed by atoms with van der Waals surface area (Å²) in [6, 6.07) is 8.73. The molecule has 0 bridgehead atoms. The molecule has 0 spiro atoms. The third-order valence-corrected chi connectivity index (χ3v) is 4.99. The van der Waals surface area contributed by atoms with Gasteiger partial charge in [0.25, 0.3) is 0 Å². The van der Waals surface area contributed by atoms with Crippen LogP contribution in [0.4, 0.5) is 4.39 Å². The van der Waals surface area contributed by atoms with Crippen LogP contribution < -0.4 is 19.5 Å². The first kappa shape index (κ1) is 22.7. The maximum absolute atomic E-state index is 14.0. The second-order valence-corrected chi connectivity index (χ2v) is 7.18. The van der Waals surface area contributed by atoms with Crippen LogP contribution in [-0.2, 0) is 24.3 Å². The third-order valence-electron chi connectivity index (χ3n) is 4.99. The van der Waals surface area contributed by atoms with Crippen LogP contribution in [0.15, 0.2) is 35.3 Å². The smallest absolute Gasteiger partial charge is 0.193 e. The van der Waals surface area contributed by atoms with Crippen LogP contribution in [0.1, 0.15) is 23.6 Å². The Bertz CT molecular complexity index is 920. The Morgan fingerprint density at radius 3 is 2.77 bits per heavy atom. The summed E-state index contributed by atoms with van der Waals surface area (Å²) in [5, 5.41) is 3.31. The largest absolute Gasteiger partial charge is 0.497 e. The number of nitrogens with zero attached hydrogens (tertiary/aromatic N) is 2. The van der Waals surface area contributed by atoms with E-state index in [1.165, 1.54) is 12.1 Å². The summed E-state index contributed by atoms with van der Waals surface area (Å²) in [5.74, 6) is 2.68. The number of nitrogens with one attached hydrogen (secondary N) is 1. The first-order chi connectivity index (χ1) is 15.0. The van der Waals surface area contributed by atoms with Crippen molar-refractivity contribution in [2.24, 2.45) is 4.99 Å². The van der Waals surface area contributed by atoms with E-state index in [4.69, 9.17) is 23.9 Å². The van der Waals surface area contributed by atoms with Crippen molar-refractivity contribution >= 4 is 5.96 Å². The summed E-state index contributed by atoms with van der Waals surface area (Å²) in [5.41, 5.74) is 2.56. The second-order valence-electron chi connectivity index (χ2n) is 7.18. The molecule has 1 heterocycles. The number of hydrogen-bond donors (Lipinski definition) is 1. The van der Waals surface area contributed by atoms with Crippen LogP contribution in [0.25, 0.3) is 0 Å². The van der Waals surface area contributed by atoms with Gasteiger partial charge < -0.3 is 29.2 Å². The molecule has 1 N–H and O–H groups in total. The lowest BCUT2D eigenvalue weighted by atomic mass is 10.1. The van der Waals surface area contributed by atoms with E-state index >= 15 is 0 Å². The SMILES string of the molecule is CCNC(=NCCc1cc(F)cc2c1OCOC2)N(C)Cc1ccc(OC)cc1OC. The normalized spacial score (nSPS) is 13.3. The van der Waals surface area contributed by atoms with Crippen LogP contribution in [0.3, 0.4) is 0 Å². The number of ether oxygens (including phenoxy) is 4. The van der Waals surface area contributed by atoms with E-state index in [9.17, 15) is 4.39 Å². The fraction of sp³-hybridized carbons (Fsp3) is 0.435. The Morgan fingerprint density at radius 2 is 2.03 bits per heavy atom. The summed E-state index contributed by atoms with van der Waals surface area (Å²) in [4.78, 5) is 6.76. The molecule has 0 radical (unpaired) electrons. The second kappa shape index (κ2) is 10.9. The highest BCUT2D eigenvalue weighted by Crippen LogP contribution is 2.30. The van der Waals surface area contributed by atoms with Gasteiger partial charge in [-0.25, -0.2) is 4.39 Å². The van der Waals surface area contributed by atoms with Gasteiger partial charge in [0.2, 0.25) is 0 Å². The zero-order chi connectivity index (χ0) is 22.2. The van der Waals surface area contributed by atoms with Gasteiger partial charge in [0.1, 0.15) is 23.1 Å². The first-order valence-electron chi connectivity index (χ1n) is 10.3. The molecule has 3 rings (SSSR count). The van der Waals surface area contributed by atoms with Crippen LogP contribution >= 0.6 is 0 Å². The van der Waals surface area contributed by atoms with E-state index in [1.54, 1.807) is 14.2 Å². The zero-order valence-electron chi connectivity index (χ0n) is 18.5. The van der Waals surface area contributed by atoms with E-state index in [0.717, 1.165) is 40.7 Å². The lowest BCUT2D eigenvalue weighted by Crippen LogP contribution is -2.38. The molecule has 1 aliphatic rings. The average molecular weight is 432 g/mol. The van der Waals surface area contributed by atoms with Gasteiger partial charge in [-0.1, -0.05) is 0 Å². The molecule has 0 fully saturated rings. The van der Waals surface area contributed by atoms with Crippen LogP contribution in [-0.4, -0.2) is 52.0 Å². The van der Waals surface area contributed by atoms with E-state index < -0.39 is 0 Å². The highest BCUT2D eigenvalue weighted by molar-refractivity contribution is 5.79. The first-order valence-corrected chi connectivity index (χ1v) is 10.3. The minimum Gasteiger partial charge on any atom is -0.497 e. The number of benzene rings is 2. The number of aliphatic imine (C=N–C) groups is 1. The lowest BCUT2D eigenvalue weighted by molar-refractivity contribution is -0.0172. The van der Waals surface area contributed by atoms with Crippen molar-refractivity contribution in [3.8, 4) is 17.2 Å².